The van der Waals surface area contributed by atoms with Crippen molar-refractivity contribution >= 4 is 31.7 Å². The van der Waals surface area contributed by atoms with Crippen molar-refractivity contribution in [2.24, 2.45) is 0 Å². The van der Waals surface area contributed by atoms with Gasteiger partial charge in [0.15, 0.2) is 5.78 Å². The van der Waals surface area contributed by atoms with Gasteiger partial charge in [-0.05, 0) is 29.8 Å². The van der Waals surface area contributed by atoms with Crippen LogP contribution in [0.4, 0.5) is 5.82 Å². The highest BCUT2D eigenvalue weighted by atomic mass is 31.0. The molecular weight excluding hydrogens is 369 g/mol. The Kier molecular flexibility index (Phi) is 8.99. The lowest BCUT2D eigenvalue weighted by Gasteiger charge is -2.10. The number of allylic oxidation sites excluding steroid dienone is 3. The van der Waals surface area contributed by atoms with Crippen LogP contribution in [0, 0.1) is 6.92 Å². The van der Waals surface area contributed by atoms with Crippen LogP contribution in [0.15, 0.2) is 48.7 Å². The van der Waals surface area contributed by atoms with Crippen LogP contribution in [0.5, 0.6) is 0 Å². The molecule has 2 rings (SSSR count). The highest BCUT2D eigenvalue weighted by Crippen LogP contribution is 2.17. The number of methoxy groups -OCH3 is 1. The van der Waals surface area contributed by atoms with E-state index in [0.29, 0.717) is 18.8 Å². The lowest BCUT2D eigenvalue weighted by Crippen LogP contribution is -2.18. The number of aryl methyl sites for hydroxylation is 1. The quantitative estimate of drug-likeness (QED) is 0.491. The molecule has 1 heterocycles. The number of ketones is 1. The first kappa shape index (κ1) is 21.9. The molecule has 1 N–H and O–H groups in total. The van der Waals surface area contributed by atoms with Gasteiger partial charge in [-0.2, -0.15) is 0 Å². The minimum Gasteiger partial charge on any atom is -0.381 e. The van der Waals surface area contributed by atoms with Crippen LogP contribution >= 0.6 is 9.24 Å². The average molecular weight is 397 g/mol. The van der Waals surface area contributed by atoms with Gasteiger partial charge in [0.1, 0.15) is 5.82 Å². The maximum atomic E-state index is 12.2. The first-order chi connectivity index (χ1) is 13.5. The van der Waals surface area contributed by atoms with E-state index in [9.17, 15) is 4.79 Å². The SMILES string of the molecule is CC/C=C(\C=C/COC)c1cnc(NCC(=O)Cc2ccc(P)cc2)c(C)n1. The average Bonchev–Trinajstić information content (AvgIpc) is 2.68. The Labute approximate surface area is 169 Å². The van der Waals surface area contributed by atoms with E-state index < -0.39 is 0 Å². The van der Waals surface area contributed by atoms with Gasteiger partial charge in [0.05, 0.1) is 30.7 Å². The van der Waals surface area contributed by atoms with Crippen molar-refractivity contribution in [2.45, 2.75) is 26.7 Å². The molecule has 1 aromatic carbocycles. The number of hydrogen-bond donors (Lipinski definition) is 1. The Balaban J connectivity index is 2.00. The molecule has 2 aromatic rings. The number of aromatic nitrogens is 2. The van der Waals surface area contributed by atoms with E-state index >= 15 is 0 Å². The van der Waals surface area contributed by atoms with E-state index in [2.05, 4.69) is 37.5 Å². The topological polar surface area (TPSA) is 64.1 Å². The highest BCUT2D eigenvalue weighted by molar-refractivity contribution is 7.27. The van der Waals surface area contributed by atoms with Crippen LogP contribution in [0.25, 0.3) is 5.57 Å². The van der Waals surface area contributed by atoms with Gasteiger partial charge in [-0.15, -0.1) is 9.24 Å². The summed E-state index contributed by atoms with van der Waals surface area (Å²) in [6.07, 6.45) is 9.08. The molecule has 1 unspecified atom stereocenters. The molecule has 5 nitrogen and oxygen atoms in total. The van der Waals surface area contributed by atoms with Gasteiger partial charge in [0, 0.05) is 13.5 Å². The second-order valence-corrected chi connectivity index (χ2v) is 7.09. The third-order valence-electron chi connectivity index (χ3n) is 4.06. The first-order valence-electron chi connectivity index (χ1n) is 9.33. The number of Topliss-reactive ketones (excluding diaryl/α,β-unsaturated/α-hetero) is 1. The Hall–Kier alpha value is -2.36. The van der Waals surface area contributed by atoms with Crippen LogP contribution in [0.3, 0.4) is 0 Å². The van der Waals surface area contributed by atoms with E-state index in [1.807, 2.05) is 43.3 Å². The summed E-state index contributed by atoms with van der Waals surface area (Å²) in [6, 6.07) is 7.91. The molecule has 0 aliphatic rings. The molecule has 28 heavy (non-hydrogen) atoms. The summed E-state index contributed by atoms with van der Waals surface area (Å²) in [5, 5.41) is 4.22. The van der Waals surface area contributed by atoms with Gasteiger partial charge in [-0.3, -0.25) is 4.79 Å². The number of carbonyl (C=O) groups excluding carboxylic acids is 1. The van der Waals surface area contributed by atoms with Crippen molar-refractivity contribution in [3.05, 3.63) is 65.6 Å². The summed E-state index contributed by atoms with van der Waals surface area (Å²) < 4.78 is 5.06. The lowest BCUT2D eigenvalue weighted by molar-refractivity contribution is -0.116. The Morgan fingerprint density at radius 1 is 1.29 bits per heavy atom. The number of benzene rings is 1. The first-order valence-corrected chi connectivity index (χ1v) is 9.90. The molecule has 0 saturated carbocycles. The largest absolute Gasteiger partial charge is 0.381 e. The maximum Gasteiger partial charge on any atom is 0.156 e. The van der Waals surface area contributed by atoms with Gasteiger partial charge in [-0.25, -0.2) is 9.97 Å². The molecule has 148 valence electrons. The van der Waals surface area contributed by atoms with Gasteiger partial charge in [0.25, 0.3) is 0 Å². The minimum absolute atomic E-state index is 0.107. The molecule has 0 fully saturated rings. The van der Waals surface area contributed by atoms with Crippen molar-refractivity contribution in [2.75, 3.05) is 25.6 Å². The van der Waals surface area contributed by atoms with Gasteiger partial charge < -0.3 is 10.1 Å². The molecule has 0 bridgehead atoms. The Morgan fingerprint density at radius 3 is 2.68 bits per heavy atom. The van der Waals surface area contributed by atoms with E-state index in [1.165, 1.54) is 0 Å². The van der Waals surface area contributed by atoms with Crippen molar-refractivity contribution in [1.29, 1.82) is 0 Å². The normalized spacial score (nSPS) is 11.8. The van der Waals surface area contributed by atoms with E-state index in [0.717, 1.165) is 34.2 Å². The van der Waals surface area contributed by atoms with Crippen molar-refractivity contribution < 1.29 is 9.53 Å². The van der Waals surface area contributed by atoms with Crippen molar-refractivity contribution in [3.8, 4) is 0 Å². The predicted octanol–water partition coefficient (Wildman–Crippen LogP) is 3.51. The molecule has 1 atom stereocenters. The fourth-order valence-electron chi connectivity index (χ4n) is 2.65. The van der Waals surface area contributed by atoms with E-state index in [-0.39, 0.29) is 12.3 Å². The van der Waals surface area contributed by atoms with Gasteiger partial charge >= 0.3 is 0 Å². The van der Waals surface area contributed by atoms with Crippen LogP contribution in [-0.4, -0.2) is 36.0 Å². The van der Waals surface area contributed by atoms with Crippen molar-refractivity contribution in [1.82, 2.24) is 9.97 Å². The molecule has 0 aliphatic carbocycles. The van der Waals surface area contributed by atoms with Crippen LogP contribution in [-0.2, 0) is 16.0 Å². The zero-order chi connectivity index (χ0) is 20.4. The standard InChI is InChI=1S/C22H28N3O2P/c1-4-6-18(7-5-12-27-3)21-15-24-22(16(2)25-21)23-14-19(26)13-17-8-10-20(28)11-9-17/h5-11,15H,4,12-14,28H2,1-3H3,(H,23,24)/b7-5-,18-6+. The predicted molar refractivity (Wildman–Crippen MR) is 119 cm³/mol. The summed E-state index contributed by atoms with van der Waals surface area (Å²) in [4.78, 5) is 21.4. The second-order valence-electron chi connectivity index (χ2n) is 6.43. The molecule has 0 spiro atoms. The molecule has 1 aromatic heterocycles. The Bertz CT molecular complexity index is 845. The summed E-state index contributed by atoms with van der Waals surface area (Å²) in [6.45, 7) is 4.75. The minimum atomic E-state index is 0.107. The molecule has 0 amide bonds. The maximum absolute atomic E-state index is 12.2. The number of nitrogens with one attached hydrogen (secondary N) is 1. The number of rotatable bonds is 10. The third kappa shape index (κ3) is 6.99. The lowest BCUT2D eigenvalue weighted by atomic mass is 10.1. The van der Waals surface area contributed by atoms with Crippen LogP contribution in [0.1, 0.15) is 30.3 Å². The fourth-order valence-corrected chi connectivity index (χ4v) is 2.84. The monoisotopic (exact) mass is 397 g/mol. The van der Waals surface area contributed by atoms with Gasteiger partial charge in [-0.1, -0.05) is 49.4 Å². The summed E-state index contributed by atoms with van der Waals surface area (Å²) >= 11 is 0. The fraction of sp³-hybridized carbons (Fsp3) is 0.318. The molecule has 6 heteroatoms. The molecule has 0 radical (unpaired) electrons. The van der Waals surface area contributed by atoms with E-state index in [4.69, 9.17) is 4.74 Å². The van der Waals surface area contributed by atoms with Crippen molar-refractivity contribution in [3.63, 3.8) is 0 Å². The number of ether oxygens (including phenoxy) is 1. The molecule has 0 aliphatic heterocycles. The number of nitrogens with zero attached hydrogens (tertiary/aromatic N) is 2. The second kappa shape index (κ2) is 11.5. The van der Waals surface area contributed by atoms with E-state index in [1.54, 1.807) is 13.3 Å². The van der Waals surface area contributed by atoms with Crippen LogP contribution in [0.2, 0.25) is 0 Å². The summed E-state index contributed by atoms with van der Waals surface area (Å²) in [7, 11) is 4.30. The number of hydrogen-bond acceptors (Lipinski definition) is 5. The summed E-state index contributed by atoms with van der Waals surface area (Å²) in [5.41, 5.74) is 3.59. The molecular formula is C22H28N3O2P. The van der Waals surface area contributed by atoms with Gasteiger partial charge in [0.2, 0.25) is 0 Å². The highest BCUT2D eigenvalue weighted by Gasteiger charge is 2.09. The number of anilines is 1. The van der Waals surface area contributed by atoms with Crippen LogP contribution < -0.4 is 10.6 Å². The Morgan fingerprint density at radius 2 is 2.04 bits per heavy atom. The zero-order valence-corrected chi connectivity index (χ0v) is 17.9. The third-order valence-corrected chi connectivity index (χ3v) is 4.45. The summed E-state index contributed by atoms with van der Waals surface area (Å²) in [5.74, 6) is 0.741. The number of carbonyl (C=O) groups is 1. The zero-order valence-electron chi connectivity index (χ0n) is 16.7. The smallest absolute Gasteiger partial charge is 0.156 e. The molecule has 0 saturated heterocycles.